The number of hydrogen-bond donors (Lipinski definition) is 2. The molecule has 2 rings (SSSR count). The third-order valence-electron chi connectivity index (χ3n) is 8.14. The summed E-state index contributed by atoms with van der Waals surface area (Å²) in [5.41, 5.74) is 0.216. The monoisotopic (exact) mass is 634 g/mol. The van der Waals surface area contributed by atoms with Gasteiger partial charge in [0, 0.05) is 36.9 Å². The second-order valence-electron chi connectivity index (χ2n) is 12.2. The zero-order valence-corrected chi connectivity index (χ0v) is 27.1. The molecule has 2 heterocycles. The number of unbranched alkanes of at least 4 members (excludes halogenated alkanes) is 4. The lowest BCUT2D eigenvalue weighted by Crippen LogP contribution is -2.46. The fourth-order valence-electron chi connectivity index (χ4n) is 4.67. The molecule has 2 aliphatic rings. The van der Waals surface area contributed by atoms with Crippen molar-refractivity contribution in [1.82, 2.24) is 0 Å². The summed E-state index contributed by atoms with van der Waals surface area (Å²) in [7, 11) is 0. The van der Waals surface area contributed by atoms with E-state index in [9.17, 15) is 19.8 Å². The average Bonchev–Trinajstić information content (AvgIpc) is 2.97. The van der Waals surface area contributed by atoms with Crippen molar-refractivity contribution >= 4 is 11.9 Å². The van der Waals surface area contributed by atoms with Gasteiger partial charge in [0.25, 0.3) is 0 Å². The largest absolute Gasteiger partial charge is 0.462 e. The third-order valence-corrected chi connectivity index (χ3v) is 8.14. The minimum atomic E-state index is -0.655. The quantitative estimate of drug-likeness (QED) is 0.0921. The molecule has 0 aromatic heterocycles. The molecule has 0 aliphatic carbocycles. The van der Waals surface area contributed by atoms with Gasteiger partial charge >= 0.3 is 11.9 Å². The molecule has 44 heavy (non-hydrogen) atoms. The Bertz CT molecular complexity index is 682. The van der Waals surface area contributed by atoms with Crippen molar-refractivity contribution in [2.75, 3.05) is 92.5 Å². The number of aliphatic hydroxyl groups is 2. The molecule has 0 aromatic rings. The van der Waals surface area contributed by atoms with Gasteiger partial charge in [0.2, 0.25) is 0 Å². The summed E-state index contributed by atoms with van der Waals surface area (Å²) in [5, 5.41) is 20.0. The SMILES string of the molecule is CCC1(COCC(O)COCCCCCC(=O)OCCOC(=O)CCCCCOCC(O)COCC2(CC)COC2)COC1. The van der Waals surface area contributed by atoms with Crippen molar-refractivity contribution in [3.63, 3.8) is 0 Å². The highest BCUT2D eigenvalue weighted by molar-refractivity contribution is 5.70. The summed E-state index contributed by atoms with van der Waals surface area (Å²) in [6.07, 6.45) is 5.85. The van der Waals surface area contributed by atoms with Crippen LogP contribution in [0.15, 0.2) is 0 Å². The molecule has 258 valence electrons. The van der Waals surface area contributed by atoms with Gasteiger partial charge in [-0.25, -0.2) is 0 Å². The molecule has 2 saturated heterocycles. The Morgan fingerprint density at radius 3 is 1.32 bits per heavy atom. The highest BCUT2D eigenvalue weighted by Crippen LogP contribution is 2.32. The maximum Gasteiger partial charge on any atom is 0.305 e. The number of aliphatic hydroxyl groups excluding tert-OH is 2. The first kappa shape index (κ1) is 38.8. The zero-order valence-electron chi connectivity index (χ0n) is 27.1. The van der Waals surface area contributed by atoms with Crippen LogP contribution in [0.25, 0.3) is 0 Å². The van der Waals surface area contributed by atoms with Gasteiger partial charge in [-0.15, -0.1) is 0 Å². The van der Waals surface area contributed by atoms with E-state index in [1.165, 1.54) is 0 Å². The van der Waals surface area contributed by atoms with E-state index in [2.05, 4.69) is 13.8 Å². The molecule has 12 nitrogen and oxygen atoms in total. The predicted octanol–water partition coefficient (Wildman–Crippen LogP) is 2.84. The first-order valence-electron chi connectivity index (χ1n) is 16.5. The van der Waals surface area contributed by atoms with Gasteiger partial charge in [0.1, 0.15) is 25.4 Å². The molecule has 2 fully saturated rings. The van der Waals surface area contributed by atoms with E-state index in [0.717, 1.165) is 65.0 Å². The van der Waals surface area contributed by atoms with Crippen LogP contribution in [0, 0.1) is 10.8 Å². The second kappa shape index (κ2) is 23.0. The highest BCUT2D eigenvalue weighted by atomic mass is 16.6. The molecule has 0 aromatic carbocycles. The van der Waals surface area contributed by atoms with Crippen molar-refractivity contribution < 1.29 is 57.7 Å². The maximum atomic E-state index is 11.9. The summed E-state index contributed by atoms with van der Waals surface area (Å²) < 4.78 is 43.0. The van der Waals surface area contributed by atoms with Crippen LogP contribution >= 0.6 is 0 Å². The number of ether oxygens (including phenoxy) is 8. The van der Waals surface area contributed by atoms with Gasteiger partial charge in [-0.05, 0) is 38.5 Å². The predicted molar refractivity (Wildman–Crippen MR) is 161 cm³/mol. The van der Waals surface area contributed by atoms with Crippen molar-refractivity contribution in [2.45, 2.75) is 90.3 Å². The van der Waals surface area contributed by atoms with Crippen molar-refractivity contribution in [3.05, 3.63) is 0 Å². The molecule has 0 radical (unpaired) electrons. The van der Waals surface area contributed by atoms with E-state index < -0.39 is 12.2 Å². The van der Waals surface area contributed by atoms with Gasteiger partial charge in [0.15, 0.2) is 0 Å². The van der Waals surface area contributed by atoms with Gasteiger partial charge in [0.05, 0.1) is 66.1 Å². The number of carbonyl (C=O) groups excluding carboxylic acids is 2. The normalized spacial score (nSPS) is 18.2. The lowest BCUT2D eigenvalue weighted by Gasteiger charge is -2.40. The van der Waals surface area contributed by atoms with E-state index in [-0.39, 0.29) is 62.4 Å². The van der Waals surface area contributed by atoms with Gasteiger partial charge in [-0.1, -0.05) is 26.7 Å². The molecule has 0 amide bonds. The van der Waals surface area contributed by atoms with Crippen LogP contribution in [-0.4, -0.2) is 127 Å². The number of hydrogen-bond acceptors (Lipinski definition) is 12. The topological polar surface area (TPSA) is 148 Å². The molecular formula is C32H58O12. The van der Waals surface area contributed by atoms with E-state index in [1.807, 2.05) is 0 Å². The van der Waals surface area contributed by atoms with Crippen LogP contribution in [0.3, 0.4) is 0 Å². The van der Waals surface area contributed by atoms with E-state index in [4.69, 9.17) is 37.9 Å². The van der Waals surface area contributed by atoms with Crippen molar-refractivity contribution in [3.8, 4) is 0 Å². The zero-order chi connectivity index (χ0) is 31.9. The number of carbonyl (C=O) groups is 2. The molecule has 2 unspecified atom stereocenters. The summed E-state index contributed by atoms with van der Waals surface area (Å²) in [6, 6.07) is 0. The Hall–Kier alpha value is -1.38. The Morgan fingerprint density at radius 2 is 0.977 bits per heavy atom. The maximum absolute atomic E-state index is 11.9. The van der Waals surface area contributed by atoms with E-state index in [1.54, 1.807) is 0 Å². The molecule has 2 aliphatic heterocycles. The molecule has 0 spiro atoms. The van der Waals surface area contributed by atoms with E-state index in [0.29, 0.717) is 52.1 Å². The molecule has 12 heteroatoms. The minimum Gasteiger partial charge on any atom is -0.462 e. The first-order valence-corrected chi connectivity index (χ1v) is 16.5. The molecule has 2 N–H and O–H groups in total. The fourth-order valence-corrected chi connectivity index (χ4v) is 4.67. The lowest BCUT2D eigenvalue weighted by molar-refractivity contribution is -0.157. The van der Waals surface area contributed by atoms with Crippen LogP contribution in [0.4, 0.5) is 0 Å². The van der Waals surface area contributed by atoms with Crippen LogP contribution in [-0.2, 0) is 47.5 Å². The minimum absolute atomic E-state index is 0.0487. The Balaban J connectivity index is 1.28. The molecule has 0 saturated carbocycles. The van der Waals surface area contributed by atoms with Crippen LogP contribution < -0.4 is 0 Å². The summed E-state index contributed by atoms with van der Waals surface area (Å²) >= 11 is 0. The fraction of sp³-hybridized carbons (Fsp3) is 0.938. The van der Waals surface area contributed by atoms with E-state index >= 15 is 0 Å². The summed E-state index contributed by atoms with van der Waals surface area (Å²) in [5.74, 6) is -0.628. The second-order valence-corrected chi connectivity index (χ2v) is 12.2. The Labute approximate surface area is 263 Å². The van der Waals surface area contributed by atoms with Crippen molar-refractivity contribution in [2.24, 2.45) is 10.8 Å². The van der Waals surface area contributed by atoms with Crippen LogP contribution in [0.2, 0.25) is 0 Å². The van der Waals surface area contributed by atoms with Gasteiger partial charge < -0.3 is 48.1 Å². The summed E-state index contributed by atoms with van der Waals surface area (Å²) in [4.78, 5) is 23.7. The Kier molecular flexibility index (Phi) is 20.3. The van der Waals surface area contributed by atoms with Crippen molar-refractivity contribution in [1.29, 1.82) is 0 Å². The first-order chi connectivity index (χ1) is 21.3. The molecule has 2 atom stereocenters. The highest BCUT2D eigenvalue weighted by Gasteiger charge is 2.37. The lowest BCUT2D eigenvalue weighted by atomic mass is 9.84. The smallest absolute Gasteiger partial charge is 0.305 e. The van der Waals surface area contributed by atoms with Crippen LogP contribution in [0.5, 0.6) is 0 Å². The molecular weight excluding hydrogens is 576 g/mol. The number of rotatable bonds is 29. The van der Waals surface area contributed by atoms with Gasteiger partial charge in [-0.3, -0.25) is 9.59 Å². The molecule has 0 bridgehead atoms. The standard InChI is InChI=1S/C32H58O12/c1-3-31(23-41-24-31)21-39-19-27(33)17-37-13-9-5-7-11-29(35)43-15-16-44-30(36)12-8-6-10-14-38-18-28(34)20-40-22-32(4-2)25-42-26-32/h27-28,33-34H,3-26H2,1-2H3. The van der Waals surface area contributed by atoms with Gasteiger partial charge in [-0.2, -0.15) is 0 Å². The Morgan fingerprint density at radius 1 is 0.591 bits per heavy atom. The number of esters is 2. The average molecular weight is 635 g/mol. The third kappa shape index (κ3) is 16.8. The summed E-state index contributed by atoms with van der Waals surface area (Å²) in [6.45, 7) is 10.4. The van der Waals surface area contributed by atoms with Crippen LogP contribution in [0.1, 0.15) is 78.1 Å².